The Labute approximate surface area is 164 Å². The third kappa shape index (κ3) is 3.42. The summed E-state index contributed by atoms with van der Waals surface area (Å²) in [5.74, 6) is 1.25. The van der Waals surface area contributed by atoms with Gasteiger partial charge in [0.1, 0.15) is 5.82 Å². The van der Waals surface area contributed by atoms with Crippen LogP contribution in [0.15, 0.2) is 47.7 Å². The highest BCUT2D eigenvalue weighted by Gasteiger charge is 2.27. The van der Waals surface area contributed by atoms with E-state index in [0.717, 1.165) is 43.0 Å². The van der Waals surface area contributed by atoms with Crippen molar-refractivity contribution in [3.8, 4) is 0 Å². The summed E-state index contributed by atoms with van der Waals surface area (Å²) in [6.45, 7) is 3.01. The minimum absolute atomic E-state index is 0.0269. The van der Waals surface area contributed by atoms with Crippen molar-refractivity contribution < 1.29 is 0 Å². The fourth-order valence-electron chi connectivity index (χ4n) is 4.15. The number of piperidine rings is 1. The SMILES string of the molecule is O=c1n(Cc2cncn2C2CC2)nc(C2CCNCC2)n1Cc1ccccc1. The minimum atomic E-state index is -0.0269. The molecule has 1 N–H and O–H groups in total. The molecule has 28 heavy (non-hydrogen) atoms. The van der Waals surface area contributed by atoms with Crippen LogP contribution in [0, 0.1) is 0 Å². The average molecular weight is 378 g/mol. The van der Waals surface area contributed by atoms with Gasteiger partial charge in [-0.3, -0.25) is 4.57 Å². The summed E-state index contributed by atoms with van der Waals surface area (Å²) in [6.07, 6.45) is 8.18. The van der Waals surface area contributed by atoms with Gasteiger partial charge in [0.05, 0.1) is 31.3 Å². The van der Waals surface area contributed by atoms with E-state index in [0.29, 0.717) is 25.0 Å². The van der Waals surface area contributed by atoms with E-state index in [1.807, 2.05) is 35.3 Å². The van der Waals surface area contributed by atoms with E-state index in [1.54, 1.807) is 4.68 Å². The van der Waals surface area contributed by atoms with Gasteiger partial charge in [-0.15, -0.1) is 0 Å². The first kappa shape index (κ1) is 17.4. The Morgan fingerprint density at radius 2 is 1.82 bits per heavy atom. The van der Waals surface area contributed by atoms with Crippen molar-refractivity contribution in [1.29, 1.82) is 0 Å². The van der Waals surface area contributed by atoms with Crippen LogP contribution in [0.3, 0.4) is 0 Å². The molecule has 1 aromatic carbocycles. The summed E-state index contributed by atoms with van der Waals surface area (Å²) in [4.78, 5) is 17.6. The third-order valence-electron chi connectivity index (χ3n) is 5.84. The van der Waals surface area contributed by atoms with Gasteiger partial charge in [-0.05, 0) is 44.3 Å². The Hall–Kier alpha value is -2.67. The van der Waals surface area contributed by atoms with E-state index >= 15 is 0 Å². The van der Waals surface area contributed by atoms with E-state index in [2.05, 4.69) is 27.0 Å². The Morgan fingerprint density at radius 3 is 2.57 bits per heavy atom. The highest BCUT2D eigenvalue weighted by atomic mass is 16.2. The molecule has 0 radical (unpaired) electrons. The lowest BCUT2D eigenvalue weighted by Gasteiger charge is -2.22. The first-order valence-electron chi connectivity index (χ1n) is 10.2. The highest BCUT2D eigenvalue weighted by molar-refractivity contribution is 5.16. The molecule has 0 amide bonds. The van der Waals surface area contributed by atoms with Crippen molar-refractivity contribution in [2.75, 3.05) is 13.1 Å². The van der Waals surface area contributed by atoms with Gasteiger partial charge in [0.15, 0.2) is 0 Å². The van der Waals surface area contributed by atoms with E-state index in [9.17, 15) is 4.79 Å². The van der Waals surface area contributed by atoms with E-state index in [4.69, 9.17) is 5.10 Å². The zero-order valence-electron chi connectivity index (χ0n) is 16.0. The fraction of sp³-hybridized carbons (Fsp3) is 0.476. The molecule has 0 atom stereocenters. The fourth-order valence-corrected chi connectivity index (χ4v) is 4.15. The van der Waals surface area contributed by atoms with Crippen LogP contribution in [-0.2, 0) is 13.1 Å². The molecule has 5 rings (SSSR count). The van der Waals surface area contributed by atoms with Crippen molar-refractivity contribution >= 4 is 0 Å². The molecule has 7 nitrogen and oxygen atoms in total. The molecular formula is C21H26N6O. The summed E-state index contributed by atoms with van der Waals surface area (Å²) in [6, 6.07) is 10.7. The van der Waals surface area contributed by atoms with Crippen molar-refractivity contribution in [3.63, 3.8) is 0 Å². The number of hydrogen-bond donors (Lipinski definition) is 1. The van der Waals surface area contributed by atoms with Crippen LogP contribution < -0.4 is 11.0 Å². The maximum absolute atomic E-state index is 13.3. The maximum Gasteiger partial charge on any atom is 0.346 e. The second-order valence-electron chi connectivity index (χ2n) is 7.92. The summed E-state index contributed by atoms with van der Waals surface area (Å²) in [7, 11) is 0. The van der Waals surface area contributed by atoms with E-state index < -0.39 is 0 Å². The van der Waals surface area contributed by atoms with Crippen molar-refractivity contribution in [2.45, 2.75) is 50.7 Å². The number of imidazole rings is 1. The van der Waals surface area contributed by atoms with Gasteiger partial charge in [0.25, 0.3) is 0 Å². The molecule has 2 fully saturated rings. The summed E-state index contributed by atoms with van der Waals surface area (Å²) in [5, 5.41) is 8.23. The number of rotatable bonds is 6. The largest absolute Gasteiger partial charge is 0.346 e. The van der Waals surface area contributed by atoms with E-state index in [-0.39, 0.29) is 5.69 Å². The molecule has 2 aromatic heterocycles. The van der Waals surface area contributed by atoms with Gasteiger partial charge in [-0.1, -0.05) is 30.3 Å². The van der Waals surface area contributed by atoms with Gasteiger partial charge < -0.3 is 9.88 Å². The van der Waals surface area contributed by atoms with Crippen molar-refractivity contribution in [3.05, 3.63) is 70.4 Å². The van der Waals surface area contributed by atoms with Gasteiger partial charge in [0.2, 0.25) is 0 Å². The lowest BCUT2D eigenvalue weighted by molar-refractivity contribution is 0.430. The second kappa shape index (κ2) is 7.39. The van der Waals surface area contributed by atoms with Crippen LogP contribution in [0.2, 0.25) is 0 Å². The monoisotopic (exact) mass is 378 g/mol. The molecule has 0 spiro atoms. The predicted molar refractivity (Wildman–Crippen MR) is 106 cm³/mol. The smallest absolute Gasteiger partial charge is 0.330 e. The summed E-state index contributed by atoms with van der Waals surface area (Å²) >= 11 is 0. The highest BCUT2D eigenvalue weighted by Crippen LogP contribution is 2.35. The van der Waals surface area contributed by atoms with Crippen molar-refractivity contribution in [2.24, 2.45) is 0 Å². The topological polar surface area (TPSA) is 69.7 Å². The number of nitrogens with zero attached hydrogens (tertiary/aromatic N) is 5. The lowest BCUT2D eigenvalue weighted by Crippen LogP contribution is -2.30. The summed E-state index contributed by atoms with van der Waals surface area (Å²) in [5.41, 5.74) is 2.16. The Morgan fingerprint density at radius 1 is 1.04 bits per heavy atom. The molecule has 1 aliphatic heterocycles. The van der Waals surface area contributed by atoms with Gasteiger partial charge >= 0.3 is 5.69 Å². The Kier molecular flexibility index (Phi) is 4.60. The van der Waals surface area contributed by atoms with Crippen molar-refractivity contribution in [1.82, 2.24) is 29.2 Å². The number of hydrogen-bond acceptors (Lipinski definition) is 4. The molecule has 0 bridgehead atoms. The van der Waals surface area contributed by atoms with Crippen LogP contribution in [0.5, 0.6) is 0 Å². The molecule has 1 saturated heterocycles. The van der Waals surface area contributed by atoms with Gasteiger partial charge in [0, 0.05) is 12.0 Å². The molecule has 1 aliphatic carbocycles. The van der Waals surface area contributed by atoms with Crippen LogP contribution in [0.4, 0.5) is 0 Å². The zero-order valence-corrected chi connectivity index (χ0v) is 16.0. The molecule has 3 heterocycles. The number of aromatic nitrogens is 5. The van der Waals surface area contributed by atoms with Crippen LogP contribution in [-0.4, -0.2) is 37.0 Å². The zero-order chi connectivity index (χ0) is 18.9. The first-order chi connectivity index (χ1) is 13.8. The van der Waals surface area contributed by atoms with Gasteiger partial charge in [-0.2, -0.15) is 5.10 Å². The first-order valence-corrected chi connectivity index (χ1v) is 10.2. The van der Waals surface area contributed by atoms with Crippen LogP contribution in [0.25, 0.3) is 0 Å². The standard InChI is InChI=1S/C21H26N6O/c28-21-25(13-16-4-2-1-3-5-16)20(17-8-10-22-11-9-17)24-27(21)14-19-12-23-15-26(19)18-6-7-18/h1-5,12,15,17-18,22H,6-11,13-14H2. The Bertz CT molecular complexity index is 992. The normalized spacial score (nSPS) is 17.9. The molecular weight excluding hydrogens is 352 g/mol. The maximum atomic E-state index is 13.3. The second-order valence-corrected chi connectivity index (χ2v) is 7.92. The summed E-state index contributed by atoms with van der Waals surface area (Å²) < 4.78 is 5.71. The van der Waals surface area contributed by atoms with Crippen LogP contribution >= 0.6 is 0 Å². The number of benzene rings is 1. The Balaban J connectivity index is 1.50. The lowest BCUT2D eigenvalue weighted by atomic mass is 9.97. The van der Waals surface area contributed by atoms with Gasteiger partial charge in [-0.25, -0.2) is 14.5 Å². The molecule has 0 unspecified atom stereocenters. The molecule has 3 aromatic rings. The minimum Gasteiger partial charge on any atom is -0.330 e. The van der Waals surface area contributed by atoms with E-state index in [1.165, 1.54) is 12.8 Å². The molecule has 7 heteroatoms. The molecule has 146 valence electrons. The molecule has 1 saturated carbocycles. The number of nitrogens with one attached hydrogen (secondary N) is 1. The quantitative estimate of drug-likeness (QED) is 0.714. The van der Waals surface area contributed by atoms with Crippen LogP contribution in [0.1, 0.15) is 54.7 Å². The molecule has 2 aliphatic rings. The third-order valence-corrected chi connectivity index (χ3v) is 5.84. The average Bonchev–Trinajstić information content (AvgIpc) is 3.41. The predicted octanol–water partition coefficient (Wildman–Crippen LogP) is 2.14.